The Morgan fingerprint density at radius 3 is 1.74 bits per heavy atom. The zero-order valence-electron chi connectivity index (χ0n) is 18.8. The average molecular weight is 459 g/mol. The van der Waals surface area contributed by atoms with E-state index in [4.69, 9.17) is 10.5 Å². The Kier molecular flexibility index (Phi) is 6.17. The van der Waals surface area contributed by atoms with Crippen molar-refractivity contribution in [1.82, 2.24) is 9.97 Å². The second-order valence-electron chi connectivity index (χ2n) is 7.76. The van der Waals surface area contributed by atoms with Gasteiger partial charge in [0.05, 0.1) is 22.8 Å². The molecule has 1 heterocycles. The largest absolute Gasteiger partial charge is 0.424 e. The Bertz CT molecular complexity index is 1400. The number of rotatable bonds is 5. The van der Waals surface area contributed by atoms with Crippen LogP contribution in [-0.2, 0) is 0 Å². The molecule has 0 saturated carbocycles. The van der Waals surface area contributed by atoms with Gasteiger partial charge in [-0.2, -0.15) is 0 Å². The molecule has 0 aliphatic heterocycles. The summed E-state index contributed by atoms with van der Waals surface area (Å²) in [5, 5.41) is 0. The van der Waals surface area contributed by atoms with Gasteiger partial charge in [0.25, 0.3) is 0 Å². The van der Waals surface area contributed by atoms with E-state index in [0.29, 0.717) is 22.8 Å². The van der Waals surface area contributed by atoms with Crippen molar-refractivity contribution in [3.05, 3.63) is 121 Å². The van der Waals surface area contributed by atoms with Crippen molar-refractivity contribution in [1.29, 1.82) is 0 Å². The van der Waals surface area contributed by atoms with Crippen LogP contribution in [0.3, 0.4) is 0 Å². The maximum atomic E-state index is 13.3. The summed E-state index contributed by atoms with van der Waals surface area (Å²) in [4.78, 5) is 23.6. The fourth-order valence-electron chi connectivity index (χ4n) is 3.75. The van der Waals surface area contributed by atoms with E-state index >= 15 is 0 Å². The number of amides is 1. The highest BCUT2D eigenvalue weighted by molar-refractivity contribution is 5.97. The summed E-state index contributed by atoms with van der Waals surface area (Å²) in [5.74, 6) is 0.561. The van der Waals surface area contributed by atoms with E-state index in [2.05, 4.69) is 9.97 Å². The van der Waals surface area contributed by atoms with Crippen molar-refractivity contribution >= 4 is 23.4 Å². The molecular weight excluding hydrogens is 436 g/mol. The highest BCUT2D eigenvalue weighted by Crippen LogP contribution is 2.29. The normalized spacial score (nSPS) is 10.5. The van der Waals surface area contributed by atoms with Gasteiger partial charge in [0, 0.05) is 11.1 Å². The number of carbonyl (C=O) groups excluding carboxylic acids is 1. The average Bonchev–Trinajstić information content (AvgIpc) is 2.90. The van der Waals surface area contributed by atoms with Crippen LogP contribution in [0.4, 0.5) is 22.1 Å². The molecule has 5 aromatic rings. The number of nitrogens with two attached hydrogens (primary N) is 1. The van der Waals surface area contributed by atoms with Gasteiger partial charge in [-0.05, 0) is 42.5 Å². The predicted molar refractivity (Wildman–Crippen MR) is 138 cm³/mol. The van der Waals surface area contributed by atoms with Gasteiger partial charge >= 0.3 is 6.09 Å². The molecule has 0 aliphatic carbocycles. The van der Waals surface area contributed by atoms with E-state index in [1.165, 1.54) is 4.90 Å². The van der Waals surface area contributed by atoms with Gasteiger partial charge < -0.3 is 10.5 Å². The number of nitrogen functional groups attached to an aromatic ring is 1. The van der Waals surface area contributed by atoms with Crippen molar-refractivity contribution in [3.8, 4) is 28.3 Å². The molecule has 0 fully saturated rings. The Morgan fingerprint density at radius 2 is 1.14 bits per heavy atom. The molecule has 5 rings (SSSR count). The van der Waals surface area contributed by atoms with Crippen LogP contribution in [0.2, 0.25) is 0 Å². The molecule has 0 unspecified atom stereocenters. The van der Waals surface area contributed by atoms with E-state index in [0.717, 1.165) is 16.8 Å². The molecule has 0 radical (unpaired) electrons. The van der Waals surface area contributed by atoms with Crippen molar-refractivity contribution < 1.29 is 9.53 Å². The van der Waals surface area contributed by atoms with Gasteiger partial charge in [-0.15, -0.1) is 0 Å². The van der Waals surface area contributed by atoms with Gasteiger partial charge in [-0.1, -0.05) is 78.9 Å². The smallest absolute Gasteiger partial charge is 0.410 e. The number of hydrogen-bond acceptors (Lipinski definition) is 5. The Hall–Kier alpha value is -4.97. The molecule has 170 valence electrons. The summed E-state index contributed by atoms with van der Waals surface area (Å²) in [7, 11) is 0. The van der Waals surface area contributed by atoms with Gasteiger partial charge in [-0.3, -0.25) is 0 Å². The van der Waals surface area contributed by atoms with Gasteiger partial charge in [0.1, 0.15) is 5.75 Å². The first-order valence-electron chi connectivity index (χ1n) is 11.1. The lowest BCUT2D eigenvalue weighted by molar-refractivity contribution is 0.210. The van der Waals surface area contributed by atoms with Crippen molar-refractivity contribution in [2.75, 3.05) is 10.6 Å². The lowest BCUT2D eigenvalue weighted by atomic mass is 10.1. The molecule has 0 bridgehead atoms. The second-order valence-corrected chi connectivity index (χ2v) is 7.76. The molecule has 0 atom stereocenters. The molecule has 6 nitrogen and oxygen atoms in total. The topological polar surface area (TPSA) is 81.3 Å². The molecule has 1 aromatic heterocycles. The van der Waals surface area contributed by atoms with Gasteiger partial charge in [0.15, 0.2) is 0 Å². The fourth-order valence-corrected chi connectivity index (χ4v) is 3.75. The van der Waals surface area contributed by atoms with Crippen LogP contribution in [-0.4, -0.2) is 16.1 Å². The zero-order chi connectivity index (χ0) is 24.0. The number of carbonyl (C=O) groups is 1. The van der Waals surface area contributed by atoms with Crippen molar-refractivity contribution in [2.45, 2.75) is 0 Å². The van der Waals surface area contributed by atoms with E-state index < -0.39 is 6.09 Å². The Labute approximate surface area is 203 Å². The number of para-hydroxylation sites is 2. The minimum atomic E-state index is -0.522. The second kappa shape index (κ2) is 9.89. The number of nitrogens with zero attached hydrogens (tertiary/aromatic N) is 3. The molecular formula is C29H22N4O2. The summed E-state index contributed by atoms with van der Waals surface area (Å²) in [5.41, 5.74) is 10.5. The molecule has 6 heteroatoms. The molecule has 2 N–H and O–H groups in total. The van der Waals surface area contributed by atoms with Crippen LogP contribution in [0.25, 0.3) is 22.5 Å². The first-order valence-corrected chi connectivity index (χ1v) is 11.1. The highest BCUT2D eigenvalue weighted by Gasteiger charge is 2.20. The maximum Gasteiger partial charge on any atom is 0.424 e. The fraction of sp³-hybridized carbons (Fsp3) is 0. The van der Waals surface area contributed by atoms with E-state index in [-0.39, 0.29) is 5.95 Å². The van der Waals surface area contributed by atoms with Crippen LogP contribution in [0.5, 0.6) is 5.75 Å². The van der Waals surface area contributed by atoms with Crippen molar-refractivity contribution in [3.63, 3.8) is 0 Å². The van der Waals surface area contributed by atoms with Crippen LogP contribution in [0, 0.1) is 0 Å². The minimum Gasteiger partial charge on any atom is -0.410 e. The van der Waals surface area contributed by atoms with Crippen LogP contribution in [0.1, 0.15) is 0 Å². The summed E-state index contributed by atoms with van der Waals surface area (Å²) < 4.78 is 5.80. The highest BCUT2D eigenvalue weighted by atomic mass is 16.6. The summed E-state index contributed by atoms with van der Waals surface area (Å²) >= 11 is 0. The first-order chi connectivity index (χ1) is 17.2. The van der Waals surface area contributed by atoms with Crippen LogP contribution < -0.4 is 15.4 Å². The Balaban J connectivity index is 1.45. The molecule has 0 saturated heterocycles. The molecule has 1 amide bonds. The van der Waals surface area contributed by atoms with Gasteiger partial charge in [0.2, 0.25) is 5.95 Å². The summed E-state index contributed by atoms with van der Waals surface area (Å²) in [6.45, 7) is 0. The monoisotopic (exact) mass is 458 g/mol. The third-order valence-electron chi connectivity index (χ3n) is 5.36. The number of benzene rings is 4. The quantitative estimate of drug-likeness (QED) is 0.316. The standard InChI is InChI=1S/C29H22N4O2/c30-28-31-26(21-11-4-1-5-12-21)20-27(32-28)22-13-10-18-25(19-22)35-29(34)33(23-14-6-2-7-15-23)24-16-8-3-9-17-24/h1-20H,(H2,30,31,32). The zero-order valence-corrected chi connectivity index (χ0v) is 18.8. The third-order valence-corrected chi connectivity index (χ3v) is 5.36. The summed E-state index contributed by atoms with van der Waals surface area (Å²) in [6.07, 6.45) is -0.522. The lowest BCUT2D eigenvalue weighted by Crippen LogP contribution is -2.29. The molecule has 0 aliphatic rings. The minimum absolute atomic E-state index is 0.170. The number of anilines is 3. The van der Waals surface area contributed by atoms with Crippen molar-refractivity contribution in [2.24, 2.45) is 0 Å². The van der Waals surface area contributed by atoms with E-state index in [1.54, 1.807) is 12.1 Å². The predicted octanol–water partition coefficient (Wildman–Crippen LogP) is 6.73. The first kappa shape index (κ1) is 21.9. The molecule has 35 heavy (non-hydrogen) atoms. The number of aromatic nitrogens is 2. The number of ether oxygens (including phenoxy) is 1. The van der Waals surface area contributed by atoms with E-state index in [1.807, 2.05) is 109 Å². The van der Waals surface area contributed by atoms with Crippen LogP contribution >= 0.6 is 0 Å². The third kappa shape index (κ3) is 5.02. The SMILES string of the molecule is Nc1nc(-c2ccccc2)cc(-c2cccc(OC(=O)N(c3ccccc3)c3ccccc3)c2)n1. The molecule has 4 aromatic carbocycles. The number of hydrogen-bond donors (Lipinski definition) is 1. The molecule has 0 spiro atoms. The maximum absolute atomic E-state index is 13.3. The lowest BCUT2D eigenvalue weighted by Gasteiger charge is -2.22. The van der Waals surface area contributed by atoms with Gasteiger partial charge in [-0.25, -0.2) is 19.7 Å². The van der Waals surface area contributed by atoms with E-state index in [9.17, 15) is 4.79 Å². The summed E-state index contributed by atoms with van der Waals surface area (Å²) in [6, 6.07) is 37.6. The van der Waals surface area contributed by atoms with Crippen LogP contribution in [0.15, 0.2) is 121 Å². The Morgan fingerprint density at radius 1 is 0.629 bits per heavy atom.